The molecule has 17 heavy (non-hydrogen) atoms. The van der Waals surface area contributed by atoms with Gasteiger partial charge in [0.2, 0.25) is 0 Å². The third-order valence-electron chi connectivity index (χ3n) is 3.11. The summed E-state index contributed by atoms with van der Waals surface area (Å²) in [5.41, 5.74) is -0.853. The monoisotopic (exact) mass is 247 g/mol. The molecule has 0 radical (unpaired) electrons. The van der Waals surface area contributed by atoms with E-state index < -0.39 is 17.6 Å². The lowest BCUT2D eigenvalue weighted by molar-refractivity contribution is -0.147. The van der Waals surface area contributed by atoms with Crippen LogP contribution in [0.5, 0.6) is 0 Å². The number of nitrogens with zero attached hydrogens (tertiary/aromatic N) is 1. The molecule has 1 rings (SSSR count). The van der Waals surface area contributed by atoms with E-state index in [-0.39, 0.29) is 6.61 Å². The minimum atomic E-state index is -0.940. The van der Waals surface area contributed by atoms with Crippen molar-refractivity contribution in [2.45, 2.75) is 24.5 Å². The zero-order valence-electron chi connectivity index (χ0n) is 10.4. The lowest BCUT2D eigenvalue weighted by Crippen LogP contribution is -2.51. The van der Waals surface area contributed by atoms with E-state index in [1.54, 1.807) is 11.9 Å². The Morgan fingerprint density at radius 3 is 2.59 bits per heavy atom. The van der Waals surface area contributed by atoms with Crippen LogP contribution in [0, 0.1) is 0 Å². The van der Waals surface area contributed by atoms with Crippen LogP contribution in [0.4, 0.5) is 0 Å². The summed E-state index contributed by atoms with van der Waals surface area (Å²) in [4.78, 5) is 12.7. The second-order valence-electron chi connectivity index (χ2n) is 4.56. The Kier molecular flexibility index (Phi) is 5.32. The number of aliphatic hydroxyl groups is 1. The van der Waals surface area contributed by atoms with Gasteiger partial charge < -0.3 is 19.7 Å². The highest BCUT2D eigenvalue weighted by Gasteiger charge is 2.34. The van der Waals surface area contributed by atoms with E-state index in [4.69, 9.17) is 14.6 Å². The van der Waals surface area contributed by atoms with Gasteiger partial charge in [0.15, 0.2) is 0 Å². The number of hydrogen-bond donors (Lipinski definition) is 2. The van der Waals surface area contributed by atoms with Crippen LogP contribution in [0.15, 0.2) is 0 Å². The Morgan fingerprint density at radius 1 is 1.53 bits per heavy atom. The fourth-order valence-electron chi connectivity index (χ4n) is 2.03. The lowest BCUT2D eigenvalue weighted by atomic mass is 9.93. The smallest absolute Gasteiger partial charge is 0.323 e. The van der Waals surface area contributed by atoms with E-state index in [0.29, 0.717) is 32.6 Å². The minimum Gasteiger partial charge on any atom is -0.480 e. The fourth-order valence-corrected chi connectivity index (χ4v) is 2.03. The maximum Gasteiger partial charge on any atom is 0.323 e. The van der Waals surface area contributed by atoms with Gasteiger partial charge in [-0.25, -0.2) is 0 Å². The van der Waals surface area contributed by atoms with Gasteiger partial charge in [-0.2, -0.15) is 0 Å². The molecule has 1 heterocycles. The Balaban J connectivity index is 2.55. The molecule has 0 amide bonds. The van der Waals surface area contributed by atoms with Gasteiger partial charge in [-0.1, -0.05) is 0 Å². The van der Waals surface area contributed by atoms with Gasteiger partial charge in [0.25, 0.3) is 0 Å². The number of methoxy groups -OCH3 is 1. The van der Waals surface area contributed by atoms with Gasteiger partial charge in [0.1, 0.15) is 6.04 Å². The molecule has 0 aromatic rings. The van der Waals surface area contributed by atoms with Gasteiger partial charge in [0.05, 0.1) is 12.2 Å². The topological polar surface area (TPSA) is 79.2 Å². The van der Waals surface area contributed by atoms with Crippen molar-refractivity contribution in [3.05, 3.63) is 0 Å². The number of aliphatic carboxylic acids is 1. The maximum absolute atomic E-state index is 11.0. The molecular formula is C11H21NO5. The van der Waals surface area contributed by atoms with Crippen LogP contribution in [0.2, 0.25) is 0 Å². The van der Waals surface area contributed by atoms with E-state index in [9.17, 15) is 9.90 Å². The van der Waals surface area contributed by atoms with Gasteiger partial charge in [-0.05, 0) is 7.05 Å². The molecule has 1 atom stereocenters. The van der Waals surface area contributed by atoms with Crippen LogP contribution >= 0.6 is 0 Å². The van der Waals surface area contributed by atoms with E-state index in [2.05, 4.69) is 0 Å². The van der Waals surface area contributed by atoms with Gasteiger partial charge in [0, 0.05) is 39.7 Å². The highest BCUT2D eigenvalue weighted by molar-refractivity contribution is 5.73. The SMILES string of the molecule is COCC(C(=O)O)N(C)CC1(O)CCOCC1. The largest absolute Gasteiger partial charge is 0.480 e. The van der Waals surface area contributed by atoms with Crippen LogP contribution in [0.3, 0.4) is 0 Å². The first-order chi connectivity index (χ1) is 7.98. The number of rotatable bonds is 6. The molecular weight excluding hydrogens is 226 g/mol. The molecule has 1 aliphatic rings. The molecule has 6 heteroatoms. The molecule has 0 aromatic heterocycles. The van der Waals surface area contributed by atoms with Gasteiger partial charge >= 0.3 is 5.97 Å². The normalized spacial score (nSPS) is 21.4. The Morgan fingerprint density at radius 2 is 2.12 bits per heavy atom. The molecule has 100 valence electrons. The van der Waals surface area contributed by atoms with E-state index >= 15 is 0 Å². The summed E-state index contributed by atoms with van der Waals surface area (Å²) in [5.74, 6) is -0.940. The van der Waals surface area contributed by atoms with Crippen LogP contribution in [0.25, 0.3) is 0 Å². The number of ether oxygens (including phenoxy) is 2. The number of carboxylic acid groups (broad SMARTS) is 1. The van der Waals surface area contributed by atoms with Crippen molar-refractivity contribution in [3.63, 3.8) is 0 Å². The van der Waals surface area contributed by atoms with Crippen LogP contribution in [-0.2, 0) is 14.3 Å². The quantitative estimate of drug-likeness (QED) is 0.662. The molecule has 2 N–H and O–H groups in total. The summed E-state index contributed by atoms with van der Waals surface area (Å²) in [6.45, 7) is 1.47. The van der Waals surface area contributed by atoms with Crippen molar-refractivity contribution in [2.75, 3.05) is 40.5 Å². The number of carboxylic acids is 1. The molecule has 6 nitrogen and oxygen atoms in total. The molecule has 0 saturated carbocycles. The standard InChI is InChI=1S/C11H21NO5/c1-12(9(7-16-2)10(13)14)8-11(15)3-5-17-6-4-11/h9,15H,3-8H2,1-2H3,(H,13,14). The molecule has 1 fully saturated rings. The summed E-state index contributed by atoms with van der Waals surface area (Å²) in [7, 11) is 3.15. The van der Waals surface area contributed by atoms with Crippen molar-refractivity contribution in [3.8, 4) is 0 Å². The fraction of sp³-hybridized carbons (Fsp3) is 0.909. The van der Waals surface area contributed by atoms with Gasteiger partial charge in [-0.15, -0.1) is 0 Å². The number of likely N-dealkylation sites (N-methyl/N-ethyl adjacent to an activating group) is 1. The Hall–Kier alpha value is -0.690. The summed E-state index contributed by atoms with van der Waals surface area (Å²) in [5, 5.41) is 19.3. The third kappa shape index (κ3) is 4.23. The van der Waals surface area contributed by atoms with Crippen LogP contribution in [-0.4, -0.2) is 73.2 Å². The molecule has 0 aliphatic carbocycles. The third-order valence-corrected chi connectivity index (χ3v) is 3.11. The summed E-state index contributed by atoms with van der Waals surface area (Å²) in [6.07, 6.45) is 1.08. The summed E-state index contributed by atoms with van der Waals surface area (Å²) in [6, 6.07) is -0.730. The lowest BCUT2D eigenvalue weighted by Gasteiger charge is -2.37. The summed E-state index contributed by atoms with van der Waals surface area (Å²) < 4.78 is 10.1. The van der Waals surface area contributed by atoms with Crippen molar-refractivity contribution in [2.24, 2.45) is 0 Å². The average Bonchev–Trinajstić information content (AvgIpc) is 2.25. The van der Waals surface area contributed by atoms with Crippen molar-refractivity contribution >= 4 is 5.97 Å². The Labute approximate surface area is 101 Å². The molecule has 1 unspecified atom stereocenters. The zero-order valence-corrected chi connectivity index (χ0v) is 10.4. The number of carbonyl (C=O) groups is 1. The first-order valence-electron chi connectivity index (χ1n) is 5.70. The van der Waals surface area contributed by atoms with Crippen molar-refractivity contribution in [1.29, 1.82) is 0 Å². The molecule has 0 aromatic carbocycles. The Bertz CT molecular complexity index is 252. The number of hydrogen-bond acceptors (Lipinski definition) is 5. The van der Waals surface area contributed by atoms with E-state index in [0.717, 1.165) is 0 Å². The first kappa shape index (κ1) is 14.4. The predicted molar refractivity (Wildman–Crippen MR) is 60.9 cm³/mol. The van der Waals surface area contributed by atoms with Gasteiger partial charge in [-0.3, -0.25) is 9.69 Å². The molecule has 1 aliphatic heterocycles. The van der Waals surface area contributed by atoms with E-state index in [1.165, 1.54) is 7.11 Å². The van der Waals surface area contributed by atoms with E-state index in [1.807, 2.05) is 0 Å². The molecule has 0 spiro atoms. The first-order valence-corrected chi connectivity index (χ1v) is 5.70. The zero-order chi connectivity index (χ0) is 12.9. The summed E-state index contributed by atoms with van der Waals surface area (Å²) >= 11 is 0. The molecule has 0 bridgehead atoms. The molecule has 1 saturated heterocycles. The highest BCUT2D eigenvalue weighted by atomic mass is 16.5. The average molecular weight is 247 g/mol. The predicted octanol–water partition coefficient (Wildman–Crippen LogP) is -0.441. The second kappa shape index (κ2) is 6.30. The second-order valence-corrected chi connectivity index (χ2v) is 4.56. The van der Waals surface area contributed by atoms with Crippen molar-refractivity contribution < 1.29 is 24.5 Å². The highest BCUT2D eigenvalue weighted by Crippen LogP contribution is 2.22. The maximum atomic E-state index is 11.0. The minimum absolute atomic E-state index is 0.110. The van der Waals surface area contributed by atoms with Crippen LogP contribution in [0.1, 0.15) is 12.8 Å². The van der Waals surface area contributed by atoms with Crippen molar-refractivity contribution in [1.82, 2.24) is 4.90 Å². The van der Waals surface area contributed by atoms with Crippen LogP contribution < -0.4 is 0 Å².